The van der Waals surface area contributed by atoms with Gasteiger partial charge in [0.1, 0.15) is 5.76 Å². The van der Waals surface area contributed by atoms with Crippen LogP contribution < -0.4 is 9.62 Å². The van der Waals surface area contributed by atoms with Crippen LogP contribution in [0.1, 0.15) is 16.1 Å². The van der Waals surface area contributed by atoms with E-state index >= 15 is 0 Å². The first kappa shape index (κ1) is 23.5. The maximum absolute atomic E-state index is 12.5. The van der Waals surface area contributed by atoms with Gasteiger partial charge in [-0.05, 0) is 48.5 Å². The number of hydrogen-bond donors (Lipinski definition) is 1. The molecule has 0 saturated carbocycles. The van der Waals surface area contributed by atoms with Gasteiger partial charge in [-0.2, -0.15) is 0 Å². The van der Waals surface area contributed by atoms with Crippen molar-refractivity contribution >= 4 is 27.6 Å². The minimum atomic E-state index is -3.77. The number of benzene rings is 2. The molecule has 0 spiro atoms. The lowest BCUT2D eigenvalue weighted by Gasteiger charge is -2.36. The lowest BCUT2D eigenvalue weighted by molar-refractivity contribution is -0.134. The number of anilines is 1. The molecule has 1 aliphatic heterocycles. The summed E-state index contributed by atoms with van der Waals surface area (Å²) in [7, 11) is -3.77. The fraction of sp³-hybridized carbons (Fsp3) is 0.250. The third-order valence-electron chi connectivity index (χ3n) is 5.50. The van der Waals surface area contributed by atoms with Gasteiger partial charge in [0.25, 0.3) is 5.91 Å². The summed E-state index contributed by atoms with van der Waals surface area (Å²) in [5.74, 6) is -0.471. The number of para-hydroxylation sites is 1. The van der Waals surface area contributed by atoms with Gasteiger partial charge in [-0.15, -0.1) is 0 Å². The predicted molar refractivity (Wildman–Crippen MR) is 125 cm³/mol. The second-order valence-electron chi connectivity index (χ2n) is 7.71. The Bertz CT molecular complexity index is 1200. The number of furan rings is 1. The Morgan fingerprint density at radius 1 is 0.912 bits per heavy atom. The molecule has 1 saturated heterocycles. The summed E-state index contributed by atoms with van der Waals surface area (Å²) in [5.41, 5.74) is 1.27. The predicted octanol–water partition coefficient (Wildman–Crippen LogP) is 2.26. The molecule has 10 heteroatoms. The van der Waals surface area contributed by atoms with E-state index < -0.39 is 16.0 Å². The third kappa shape index (κ3) is 5.83. The first-order valence-corrected chi connectivity index (χ1v) is 12.3. The van der Waals surface area contributed by atoms with Crippen LogP contribution in [0.3, 0.4) is 0 Å². The Balaban J connectivity index is 1.25. The number of carbonyl (C=O) groups excluding carboxylic acids is 2. The van der Waals surface area contributed by atoms with E-state index in [1.54, 1.807) is 17.0 Å². The molecule has 34 heavy (non-hydrogen) atoms. The third-order valence-corrected chi connectivity index (χ3v) is 6.91. The average molecular weight is 484 g/mol. The molecule has 0 unspecified atom stereocenters. The number of nitrogens with one attached hydrogen (secondary N) is 1. The second kappa shape index (κ2) is 10.5. The Kier molecular flexibility index (Phi) is 7.29. The van der Waals surface area contributed by atoms with Crippen LogP contribution in [0.25, 0.3) is 0 Å². The number of sulfonamides is 1. The lowest BCUT2D eigenvalue weighted by Crippen LogP contribution is -2.49. The summed E-state index contributed by atoms with van der Waals surface area (Å²) < 4.78 is 37.5. The van der Waals surface area contributed by atoms with Crippen molar-refractivity contribution in [2.45, 2.75) is 11.4 Å². The van der Waals surface area contributed by atoms with Gasteiger partial charge < -0.3 is 19.0 Å². The van der Waals surface area contributed by atoms with E-state index in [0.29, 0.717) is 31.9 Å². The highest BCUT2D eigenvalue weighted by Crippen LogP contribution is 2.16. The van der Waals surface area contributed by atoms with Gasteiger partial charge in [0.2, 0.25) is 10.0 Å². The molecule has 2 heterocycles. The molecule has 1 amide bonds. The highest BCUT2D eigenvalue weighted by Gasteiger charge is 2.23. The average Bonchev–Trinajstić information content (AvgIpc) is 3.40. The summed E-state index contributed by atoms with van der Waals surface area (Å²) in [4.78, 5) is 28.7. The number of ether oxygens (including phenoxy) is 1. The Hall–Kier alpha value is -3.63. The topological polar surface area (TPSA) is 109 Å². The number of hydrogen-bond acceptors (Lipinski definition) is 7. The largest absolute Gasteiger partial charge is 0.468 e. The Labute approximate surface area is 198 Å². The molecule has 4 rings (SSSR count). The van der Waals surface area contributed by atoms with E-state index in [1.807, 2.05) is 30.3 Å². The van der Waals surface area contributed by atoms with Gasteiger partial charge in [-0.25, -0.2) is 17.9 Å². The van der Waals surface area contributed by atoms with Gasteiger partial charge in [-0.3, -0.25) is 4.79 Å². The second-order valence-corrected chi connectivity index (χ2v) is 9.47. The Morgan fingerprint density at radius 3 is 2.26 bits per heavy atom. The molecular formula is C24H25N3O6S. The minimum absolute atomic E-state index is 0.00275. The molecule has 0 radical (unpaired) electrons. The molecule has 1 aliphatic rings. The van der Waals surface area contributed by atoms with E-state index in [-0.39, 0.29) is 29.5 Å². The number of nitrogens with zero attached hydrogens (tertiary/aromatic N) is 2. The van der Waals surface area contributed by atoms with E-state index in [2.05, 4.69) is 9.62 Å². The molecule has 2 aromatic carbocycles. The van der Waals surface area contributed by atoms with Gasteiger partial charge in [-0.1, -0.05) is 18.2 Å². The normalized spacial score (nSPS) is 14.1. The van der Waals surface area contributed by atoms with E-state index in [9.17, 15) is 18.0 Å². The van der Waals surface area contributed by atoms with Gasteiger partial charge in [0.05, 0.1) is 23.3 Å². The van der Waals surface area contributed by atoms with Gasteiger partial charge in [0.15, 0.2) is 6.61 Å². The van der Waals surface area contributed by atoms with Crippen molar-refractivity contribution in [1.29, 1.82) is 0 Å². The zero-order valence-corrected chi connectivity index (χ0v) is 19.2. The zero-order chi connectivity index (χ0) is 24.0. The molecule has 1 N–H and O–H groups in total. The molecular weight excluding hydrogens is 458 g/mol. The van der Waals surface area contributed by atoms with Crippen LogP contribution in [0.15, 0.2) is 82.3 Å². The molecule has 1 aromatic heterocycles. The van der Waals surface area contributed by atoms with E-state index in [0.717, 1.165) is 5.69 Å². The van der Waals surface area contributed by atoms with Crippen molar-refractivity contribution in [2.24, 2.45) is 0 Å². The number of piperazine rings is 1. The summed E-state index contributed by atoms with van der Waals surface area (Å²) in [6.45, 7) is 2.14. The van der Waals surface area contributed by atoms with Crippen LogP contribution in [0.5, 0.6) is 0 Å². The first-order chi connectivity index (χ1) is 16.4. The molecule has 0 bridgehead atoms. The highest BCUT2D eigenvalue weighted by atomic mass is 32.2. The van der Waals surface area contributed by atoms with Gasteiger partial charge >= 0.3 is 5.97 Å². The summed E-state index contributed by atoms with van der Waals surface area (Å²) in [6, 6.07) is 18.6. The van der Waals surface area contributed by atoms with Crippen molar-refractivity contribution in [3.8, 4) is 0 Å². The summed E-state index contributed by atoms with van der Waals surface area (Å²) in [6.07, 6.45) is 1.46. The molecule has 0 aliphatic carbocycles. The minimum Gasteiger partial charge on any atom is -0.468 e. The van der Waals surface area contributed by atoms with Crippen LogP contribution in [-0.4, -0.2) is 58.0 Å². The standard InChI is InChI=1S/C24H25N3O6S/c28-23(27-14-12-26(13-15-27)20-5-2-1-3-6-20)18-33-24(29)19-8-10-22(11-9-19)34(30,31)25-17-21-7-4-16-32-21/h1-11,16,25H,12-15,17-18H2. The molecule has 0 atom stereocenters. The van der Waals surface area contributed by atoms with Crippen molar-refractivity contribution in [3.05, 3.63) is 84.3 Å². The summed E-state index contributed by atoms with van der Waals surface area (Å²) in [5, 5.41) is 0. The van der Waals surface area contributed by atoms with Crippen LogP contribution in [0.4, 0.5) is 5.69 Å². The van der Waals surface area contributed by atoms with Crippen LogP contribution in [0, 0.1) is 0 Å². The van der Waals surface area contributed by atoms with Crippen molar-refractivity contribution in [3.63, 3.8) is 0 Å². The summed E-state index contributed by atoms with van der Waals surface area (Å²) >= 11 is 0. The van der Waals surface area contributed by atoms with E-state index in [1.165, 1.54) is 30.5 Å². The maximum atomic E-state index is 12.5. The van der Waals surface area contributed by atoms with Gasteiger partial charge in [0, 0.05) is 31.9 Å². The SMILES string of the molecule is O=C(OCC(=O)N1CCN(c2ccccc2)CC1)c1ccc(S(=O)(=O)NCc2ccco2)cc1. The van der Waals surface area contributed by atoms with E-state index in [4.69, 9.17) is 9.15 Å². The van der Waals surface area contributed by atoms with Crippen LogP contribution in [-0.2, 0) is 26.1 Å². The monoisotopic (exact) mass is 483 g/mol. The lowest BCUT2D eigenvalue weighted by atomic mass is 10.2. The number of esters is 1. The molecule has 1 fully saturated rings. The van der Waals surface area contributed by atoms with Crippen LogP contribution in [0.2, 0.25) is 0 Å². The van der Waals surface area contributed by atoms with Crippen molar-refractivity contribution in [2.75, 3.05) is 37.7 Å². The van der Waals surface area contributed by atoms with Crippen molar-refractivity contribution < 1.29 is 27.2 Å². The number of amides is 1. The fourth-order valence-corrected chi connectivity index (χ4v) is 4.58. The number of carbonyl (C=O) groups is 2. The quantitative estimate of drug-likeness (QED) is 0.490. The fourth-order valence-electron chi connectivity index (χ4n) is 3.59. The van der Waals surface area contributed by atoms with Crippen molar-refractivity contribution in [1.82, 2.24) is 9.62 Å². The maximum Gasteiger partial charge on any atom is 0.338 e. The Morgan fingerprint density at radius 2 is 1.62 bits per heavy atom. The molecule has 3 aromatic rings. The smallest absolute Gasteiger partial charge is 0.338 e. The molecule has 178 valence electrons. The number of rotatable bonds is 8. The van der Waals surface area contributed by atoms with Crippen LogP contribution >= 0.6 is 0 Å². The molecule has 9 nitrogen and oxygen atoms in total. The zero-order valence-electron chi connectivity index (χ0n) is 18.4. The first-order valence-electron chi connectivity index (χ1n) is 10.8. The highest BCUT2D eigenvalue weighted by molar-refractivity contribution is 7.89.